The van der Waals surface area contributed by atoms with Crippen LogP contribution in [0.15, 0.2) is 18.2 Å². The molecular weight excluding hydrogens is 229 g/mol. The number of carbonyl (C=O) groups is 1. The van der Waals surface area contributed by atoms with Gasteiger partial charge in [0, 0.05) is 6.42 Å². The first-order valence-corrected chi connectivity index (χ1v) is 5.41. The third-order valence-electron chi connectivity index (χ3n) is 2.70. The topological polar surface area (TPSA) is 29.1 Å². The van der Waals surface area contributed by atoms with Gasteiger partial charge in [-0.15, -0.1) is 0 Å². The SMILES string of the molecule is CNC(C)(C)C(=O)Cc1cccc(Cl)c1F. The van der Waals surface area contributed by atoms with Crippen LogP contribution in [0, 0.1) is 5.82 Å². The van der Waals surface area contributed by atoms with Gasteiger partial charge in [0.25, 0.3) is 0 Å². The van der Waals surface area contributed by atoms with Crippen LogP contribution in [-0.4, -0.2) is 18.4 Å². The van der Waals surface area contributed by atoms with Crippen LogP contribution >= 0.6 is 11.6 Å². The van der Waals surface area contributed by atoms with Crippen molar-refractivity contribution in [1.29, 1.82) is 0 Å². The van der Waals surface area contributed by atoms with Gasteiger partial charge in [-0.2, -0.15) is 0 Å². The highest BCUT2D eigenvalue weighted by Gasteiger charge is 2.25. The minimum Gasteiger partial charge on any atom is -0.308 e. The molecule has 1 aromatic carbocycles. The molecule has 1 aromatic rings. The van der Waals surface area contributed by atoms with E-state index in [1.807, 2.05) is 0 Å². The molecule has 0 unspecified atom stereocenters. The van der Waals surface area contributed by atoms with Crippen molar-refractivity contribution in [3.8, 4) is 0 Å². The van der Waals surface area contributed by atoms with Gasteiger partial charge in [-0.3, -0.25) is 4.79 Å². The maximum Gasteiger partial charge on any atom is 0.156 e. The number of hydrogen-bond donors (Lipinski definition) is 1. The van der Waals surface area contributed by atoms with Crippen LogP contribution in [0.5, 0.6) is 0 Å². The minimum atomic E-state index is -0.658. The third-order valence-corrected chi connectivity index (χ3v) is 3.00. The lowest BCUT2D eigenvalue weighted by atomic mass is 9.94. The van der Waals surface area contributed by atoms with E-state index in [2.05, 4.69) is 5.32 Å². The Morgan fingerprint density at radius 2 is 2.12 bits per heavy atom. The number of nitrogens with one attached hydrogen (secondary N) is 1. The average molecular weight is 244 g/mol. The maximum atomic E-state index is 13.5. The Hall–Kier alpha value is -0.930. The summed E-state index contributed by atoms with van der Waals surface area (Å²) < 4.78 is 13.5. The van der Waals surface area contributed by atoms with Gasteiger partial charge in [-0.25, -0.2) is 4.39 Å². The molecule has 0 aromatic heterocycles. The first-order chi connectivity index (χ1) is 7.38. The van der Waals surface area contributed by atoms with Crippen LogP contribution in [0.2, 0.25) is 5.02 Å². The van der Waals surface area contributed by atoms with E-state index < -0.39 is 11.4 Å². The molecule has 0 fully saturated rings. The van der Waals surface area contributed by atoms with E-state index in [0.717, 1.165) is 0 Å². The Labute approximate surface area is 99.8 Å². The van der Waals surface area contributed by atoms with Gasteiger partial charge < -0.3 is 5.32 Å². The standard InChI is InChI=1S/C12H15ClFNO/c1-12(2,15-3)10(16)7-8-5-4-6-9(13)11(8)14/h4-6,15H,7H2,1-3H3. The zero-order valence-corrected chi connectivity index (χ0v) is 10.4. The van der Waals surface area contributed by atoms with E-state index >= 15 is 0 Å². The van der Waals surface area contributed by atoms with Crippen LogP contribution in [0.1, 0.15) is 19.4 Å². The second-order valence-electron chi connectivity index (χ2n) is 4.19. The van der Waals surface area contributed by atoms with Gasteiger partial charge in [0.1, 0.15) is 5.82 Å². The molecule has 0 spiro atoms. The van der Waals surface area contributed by atoms with Crippen LogP contribution < -0.4 is 5.32 Å². The molecule has 2 nitrogen and oxygen atoms in total. The Morgan fingerprint density at radius 3 is 2.69 bits per heavy atom. The Morgan fingerprint density at radius 1 is 1.50 bits per heavy atom. The smallest absolute Gasteiger partial charge is 0.156 e. The number of ketones is 1. The summed E-state index contributed by atoms with van der Waals surface area (Å²) in [5, 5.41) is 2.94. The number of likely N-dealkylation sites (N-methyl/N-ethyl adjacent to an activating group) is 1. The zero-order valence-electron chi connectivity index (χ0n) is 9.60. The normalized spacial score (nSPS) is 11.6. The van der Waals surface area contributed by atoms with Crippen LogP contribution in [0.25, 0.3) is 0 Å². The van der Waals surface area contributed by atoms with Crippen LogP contribution in [-0.2, 0) is 11.2 Å². The van der Waals surface area contributed by atoms with E-state index in [-0.39, 0.29) is 17.2 Å². The summed E-state index contributed by atoms with van der Waals surface area (Å²) >= 11 is 5.64. The Kier molecular flexibility index (Phi) is 4.05. The highest BCUT2D eigenvalue weighted by atomic mass is 35.5. The number of benzene rings is 1. The molecule has 0 saturated carbocycles. The summed E-state index contributed by atoms with van der Waals surface area (Å²) in [6.45, 7) is 3.52. The molecule has 0 amide bonds. The predicted octanol–water partition coefficient (Wildman–Crippen LogP) is 2.59. The molecular formula is C12H15ClFNO. The molecule has 1 N–H and O–H groups in total. The third kappa shape index (κ3) is 2.80. The number of halogens is 2. The summed E-state index contributed by atoms with van der Waals surface area (Å²) in [7, 11) is 1.70. The van der Waals surface area contributed by atoms with Gasteiger partial charge in [-0.1, -0.05) is 23.7 Å². The van der Waals surface area contributed by atoms with Crippen LogP contribution in [0.4, 0.5) is 4.39 Å². The summed E-state index contributed by atoms with van der Waals surface area (Å²) in [6.07, 6.45) is 0.0419. The lowest BCUT2D eigenvalue weighted by molar-refractivity contribution is -0.123. The number of hydrogen-bond acceptors (Lipinski definition) is 2. The number of rotatable bonds is 4. The quantitative estimate of drug-likeness (QED) is 0.881. The molecule has 0 aliphatic heterocycles. The number of Topliss-reactive ketones (excluding diaryl/α,β-unsaturated/α-hetero) is 1. The largest absolute Gasteiger partial charge is 0.308 e. The molecule has 4 heteroatoms. The predicted molar refractivity (Wildman–Crippen MR) is 63.3 cm³/mol. The summed E-state index contributed by atoms with van der Waals surface area (Å²) in [5.74, 6) is -0.583. The van der Waals surface area contributed by atoms with Gasteiger partial charge in [0.15, 0.2) is 5.78 Å². The van der Waals surface area contributed by atoms with Crippen molar-refractivity contribution in [2.75, 3.05) is 7.05 Å². The Bertz CT molecular complexity index is 404. The second kappa shape index (κ2) is 4.93. The van der Waals surface area contributed by atoms with Crippen molar-refractivity contribution < 1.29 is 9.18 Å². The van der Waals surface area contributed by atoms with Crippen LogP contribution in [0.3, 0.4) is 0 Å². The van der Waals surface area contributed by atoms with Gasteiger partial charge in [0.05, 0.1) is 10.6 Å². The summed E-state index contributed by atoms with van der Waals surface area (Å²) in [4.78, 5) is 11.9. The fourth-order valence-corrected chi connectivity index (χ4v) is 1.41. The molecule has 88 valence electrons. The first-order valence-electron chi connectivity index (χ1n) is 5.03. The van der Waals surface area contributed by atoms with Crippen molar-refractivity contribution in [3.05, 3.63) is 34.6 Å². The van der Waals surface area contributed by atoms with Crippen molar-refractivity contribution in [2.24, 2.45) is 0 Å². The lowest BCUT2D eigenvalue weighted by Crippen LogP contribution is -2.45. The van der Waals surface area contributed by atoms with E-state index in [0.29, 0.717) is 5.56 Å². The highest BCUT2D eigenvalue weighted by molar-refractivity contribution is 6.30. The monoisotopic (exact) mass is 243 g/mol. The van der Waals surface area contributed by atoms with Crippen molar-refractivity contribution in [1.82, 2.24) is 5.32 Å². The van der Waals surface area contributed by atoms with Crippen molar-refractivity contribution >= 4 is 17.4 Å². The molecule has 0 atom stereocenters. The molecule has 0 radical (unpaired) electrons. The summed E-state index contributed by atoms with van der Waals surface area (Å²) in [6, 6.07) is 4.68. The fraction of sp³-hybridized carbons (Fsp3) is 0.417. The highest BCUT2D eigenvalue weighted by Crippen LogP contribution is 2.19. The van der Waals surface area contributed by atoms with Crippen molar-refractivity contribution in [3.63, 3.8) is 0 Å². The van der Waals surface area contributed by atoms with E-state index in [1.165, 1.54) is 6.07 Å². The minimum absolute atomic E-state index is 0.0419. The molecule has 16 heavy (non-hydrogen) atoms. The molecule has 0 aliphatic carbocycles. The number of carbonyl (C=O) groups excluding carboxylic acids is 1. The fourth-order valence-electron chi connectivity index (χ4n) is 1.22. The van der Waals surface area contributed by atoms with E-state index in [1.54, 1.807) is 33.0 Å². The lowest BCUT2D eigenvalue weighted by Gasteiger charge is -2.22. The first kappa shape index (κ1) is 13.1. The molecule has 0 aliphatic rings. The Balaban J connectivity index is 2.90. The molecule has 1 rings (SSSR count). The van der Waals surface area contributed by atoms with E-state index in [9.17, 15) is 9.18 Å². The van der Waals surface area contributed by atoms with Gasteiger partial charge in [-0.05, 0) is 32.5 Å². The molecule has 0 heterocycles. The van der Waals surface area contributed by atoms with Gasteiger partial charge >= 0.3 is 0 Å². The van der Waals surface area contributed by atoms with Crippen molar-refractivity contribution in [2.45, 2.75) is 25.8 Å². The molecule has 0 saturated heterocycles. The van der Waals surface area contributed by atoms with Gasteiger partial charge in [0.2, 0.25) is 0 Å². The maximum absolute atomic E-state index is 13.5. The second-order valence-corrected chi connectivity index (χ2v) is 4.60. The molecule has 0 bridgehead atoms. The van der Waals surface area contributed by atoms with E-state index in [4.69, 9.17) is 11.6 Å². The average Bonchev–Trinajstić information content (AvgIpc) is 2.24. The summed E-state index contributed by atoms with van der Waals surface area (Å²) in [5.41, 5.74) is -0.324. The zero-order chi connectivity index (χ0) is 12.3.